The molecular weight excluding hydrogens is 140 g/mol. The van der Waals surface area contributed by atoms with Gasteiger partial charge in [-0.05, 0) is 27.7 Å². The van der Waals surface area contributed by atoms with Gasteiger partial charge in [0.1, 0.15) is 0 Å². The van der Waals surface area contributed by atoms with Gasteiger partial charge in [-0.1, -0.05) is 0 Å². The van der Waals surface area contributed by atoms with Gasteiger partial charge in [0.2, 0.25) is 0 Å². The number of rotatable bonds is 2. The minimum Gasteiger partial charge on any atom is -0.319 e. The lowest BCUT2D eigenvalue weighted by molar-refractivity contribution is -0.872. The zero-order valence-corrected chi connectivity index (χ0v) is 8.09. The Morgan fingerprint density at radius 1 is 1.18 bits per heavy atom. The van der Waals surface area contributed by atoms with E-state index in [-0.39, 0.29) is 18.1 Å². The van der Waals surface area contributed by atoms with Crippen molar-refractivity contribution in [1.82, 2.24) is 0 Å². The molecule has 0 aromatic heterocycles. The Morgan fingerprint density at radius 2 is 1.45 bits per heavy atom. The summed E-state index contributed by atoms with van der Waals surface area (Å²) in [5.74, 6) is 0. The summed E-state index contributed by atoms with van der Waals surface area (Å²) in [6.07, 6.45) is 0. The molecule has 11 heavy (non-hydrogen) atoms. The quantitative estimate of drug-likeness (QED) is 0.607. The number of quaternary nitrogens is 1. The highest BCUT2D eigenvalue weighted by atomic mass is 16.2. The third kappa shape index (κ3) is 1.71. The smallest absolute Gasteiger partial charge is 0.319 e. The van der Waals surface area contributed by atoms with Crippen molar-refractivity contribution >= 4 is 6.03 Å². The molecule has 0 unspecified atom stereocenters. The first-order valence-corrected chi connectivity index (χ1v) is 3.99. The van der Waals surface area contributed by atoms with E-state index in [1.54, 1.807) is 0 Å². The molecule has 0 aliphatic rings. The van der Waals surface area contributed by atoms with Crippen LogP contribution in [0.25, 0.3) is 0 Å². The molecule has 0 aliphatic heterocycles. The molecular formula is C8H19N2O+. The molecule has 0 fully saturated rings. The van der Waals surface area contributed by atoms with Gasteiger partial charge in [-0.25, -0.2) is 9.28 Å². The second kappa shape index (κ2) is 3.22. The van der Waals surface area contributed by atoms with Crippen molar-refractivity contribution in [2.24, 2.45) is 5.73 Å². The third-order valence-electron chi connectivity index (χ3n) is 2.62. The molecule has 0 heterocycles. The van der Waals surface area contributed by atoms with Gasteiger partial charge >= 0.3 is 6.03 Å². The average Bonchev–Trinajstić information content (AvgIpc) is 1.84. The summed E-state index contributed by atoms with van der Waals surface area (Å²) in [5.41, 5.74) is 5.31. The van der Waals surface area contributed by atoms with Crippen molar-refractivity contribution in [2.75, 3.05) is 7.05 Å². The van der Waals surface area contributed by atoms with Crippen LogP contribution in [0.1, 0.15) is 27.7 Å². The Balaban J connectivity index is 4.67. The molecule has 0 saturated heterocycles. The molecule has 0 aliphatic carbocycles. The van der Waals surface area contributed by atoms with Gasteiger partial charge in [0.05, 0.1) is 19.1 Å². The highest BCUT2D eigenvalue weighted by molar-refractivity contribution is 5.64. The molecule has 0 bridgehead atoms. The summed E-state index contributed by atoms with van der Waals surface area (Å²) in [6, 6.07) is 0.231. The van der Waals surface area contributed by atoms with Crippen LogP contribution < -0.4 is 5.73 Å². The van der Waals surface area contributed by atoms with Crippen LogP contribution in [0.2, 0.25) is 0 Å². The molecule has 3 heteroatoms. The zero-order valence-electron chi connectivity index (χ0n) is 8.09. The number of carbonyl (C=O) groups is 1. The van der Waals surface area contributed by atoms with Crippen LogP contribution in [0.15, 0.2) is 0 Å². The van der Waals surface area contributed by atoms with Crippen molar-refractivity contribution in [2.45, 2.75) is 39.8 Å². The SMILES string of the molecule is CC(C)[N+](C)(C(N)=O)C(C)C. The number of amides is 2. The van der Waals surface area contributed by atoms with Gasteiger partial charge in [-0.15, -0.1) is 0 Å². The molecule has 0 aromatic carbocycles. The molecule has 0 atom stereocenters. The van der Waals surface area contributed by atoms with Crippen LogP contribution in [0.5, 0.6) is 0 Å². The number of urea groups is 1. The molecule has 0 radical (unpaired) electrons. The largest absolute Gasteiger partial charge is 0.414 e. The van der Waals surface area contributed by atoms with Gasteiger partial charge in [0, 0.05) is 0 Å². The Bertz CT molecular complexity index is 144. The minimum absolute atomic E-state index is 0.243. The van der Waals surface area contributed by atoms with Crippen LogP contribution in [-0.2, 0) is 0 Å². The Hall–Kier alpha value is -0.570. The fourth-order valence-electron chi connectivity index (χ4n) is 1.11. The van der Waals surface area contributed by atoms with Gasteiger partial charge < -0.3 is 5.73 Å². The van der Waals surface area contributed by atoms with Crippen LogP contribution in [0.3, 0.4) is 0 Å². The van der Waals surface area contributed by atoms with Gasteiger partial charge in [0.25, 0.3) is 0 Å². The maximum atomic E-state index is 11.1. The lowest BCUT2D eigenvalue weighted by Gasteiger charge is -2.37. The number of primary amides is 1. The lowest BCUT2D eigenvalue weighted by atomic mass is 10.2. The van der Waals surface area contributed by atoms with E-state index >= 15 is 0 Å². The van der Waals surface area contributed by atoms with E-state index in [1.807, 2.05) is 34.7 Å². The standard InChI is InChI=1S/C8H18N2O/c1-6(2)10(5,7(3)4)8(9)11/h6-7H,1-5H3,(H-,9,11)/p+1. The van der Waals surface area contributed by atoms with E-state index in [9.17, 15) is 4.79 Å². The Morgan fingerprint density at radius 3 is 1.45 bits per heavy atom. The predicted octanol–water partition coefficient (Wildman–Crippen LogP) is 1.33. The molecule has 2 amide bonds. The van der Waals surface area contributed by atoms with Crippen molar-refractivity contribution in [1.29, 1.82) is 0 Å². The normalized spacial score (nSPS) is 12.6. The monoisotopic (exact) mass is 159 g/mol. The van der Waals surface area contributed by atoms with Crippen molar-refractivity contribution in [3.63, 3.8) is 0 Å². The van der Waals surface area contributed by atoms with Crippen LogP contribution in [-0.4, -0.2) is 29.6 Å². The van der Waals surface area contributed by atoms with E-state index in [0.29, 0.717) is 4.48 Å². The molecule has 66 valence electrons. The summed E-state index contributed by atoms with van der Waals surface area (Å²) < 4.78 is 0.306. The molecule has 0 spiro atoms. The minimum atomic E-state index is -0.255. The maximum absolute atomic E-state index is 11.1. The second-order valence-corrected chi connectivity index (χ2v) is 3.67. The molecule has 0 aromatic rings. The zero-order chi connectivity index (χ0) is 9.23. The second-order valence-electron chi connectivity index (χ2n) is 3.67. The number of carbonyl (C=O) groups excluding carboxylic acids is 1. The van der Waals surface area contributed by atoms with Gasteiger partial charge in [0.15, 0.2) is 0 Å². The van der Waals surface area contributed by atoms with Crippen molar-refractivity contribution < 1.29 is 9.28 Å². The van der Waals surface area contributed by atoms with Crippen LogP contribution in [0.4, 0.5) is 4.79 Å². The van der Waals surface area contributed by atoms with E-state index in [0.717, 1.165) is 0 Å². The Kier molecular flexibility index (Phi) is 3.05. The van der Waals surface area contributed by atoms with E-state index in [4.69, 9.17) is 5.73 Å². The van der Waals surface area contributed by atoms with Crippen LogP contribution in [0, 0.1) is 0 Å². The summed E-state index contributed by atoms with van der Waals surface area (Å²) in [7, 11) is 1.87. The first-order valence-electron chi connectivity index (χ1n) is 3.99. The van der Waals surface area contributed by atoms with E-state index in [1.165, 1.54) is 0 Å². The summed E-state index contributed by atoms with van der Waals surface area (Å²) in [5, 5.41) is 0. The van der Waals surface area contributed by atoms with E-state index in [2.05, 4.69) is 0 Å². The first-order chi connectivity index (χ1) is 4.83. The lowest BCUT2D eigenvalue weighted by Crippen LogP contribution is -2.60. The number of hydrogen-bond acceptors (Lipinski definition) is 1. The number of nitrogens with zero attached hydrogens (tertiary/aromatic N) is 1. The maximum Gasteiger partial charge on any atom is 0.414 e. The summed E-state index contributed by atoms with van der Waals surface area (Å²) in [4.78, 5) is 11.1. The highest BCUT2D eigenvalue weighted by Crippen LogP contribution is 2.14. The first kappa shape index (κ1) is 10.4. The van der Waals surface area contributed by atoms with Crippen molar-refractivity contribution in [3.05, 3.63) is 0 Å². The topological polar surface area (TPSA) is 43.1 Å². The molecule has 2 N–H and O–H groups in total. The Labute approximate surface area is 68.8 Å². The van der Waals surface area contributed by atoms with Gasteiger partial charge in [-0.3, -0.25) is 0 Å². The van der Waals surface area contributed by atoms with Crippen LogP contribution >= 0.6 is 0 Å². The average molecular weight is 159 g/mol. The van der Waals surface area contributed by atoms with Crippen molar-refractivity contribution in [3.8, 4) is 0 Å². The number of hydrogen-bond donors (Lipinski definition) is 1. The third-order valence-corrected chi connectivity index (χ3v) is 2.62. The molecule has 0 saturated carbocycles. The fraction of sp³-hybridized carbons (Fsp3) is 0.875. The van der Waals surface area contributed by atoms with Gasteiger partial charge in [-0.2, -0.15) is 0 Å². The molecule has 3 nitrogen and oxygen atoms in total. The summed E-state index contributed by atoms with van der Waals surface area (Å²) >= 11 is 0. The molecule has 0 rings (SSSR count). The predicted molar refractivity (Wildman–Crippen MR) is 46.0 cm³/mol. The number of nitrogens with two attached hydrogens (primary N) is 1. The highest BCUT2D eigenvalue weighted by Gasteiger charge is 2.36. The summed E-state index contributed by atoms with van der Waals surface area (Å²) in [6.45, 7) is 8.02. The fourth-order valence-corrected chi connectivity index (χ4v) is 1.11. The van der Waals surface area contributed by atoms with E-state index < -0.39 is 0 Å².